The summed E-state index contributed by atoms with van der Waals surface area (Å²) in [7, 11) is 1.38. The van der Waals surface area contributed by atoms with Gasteiger partial charge in [-0.05, 0) is 43.7 Å². The van der Waals surface area contributed by atoms with E-state index in [9.17, 15) is 18.4 Å². The van der Waals surface area contributed by atoms with E-state index in [1.54, 1.807) is 32.0 Å². The summed E-state index contributed by atoms with van der Waals surface area (Å²) < 4.78 is 37.9. The highest BCUT2D eigenvalue weighted by Crippen LogP contribution is 2.23. The molecule has 0 bridgehead atoms. The molecule has 0 spiro atoms. The van der Waals surface area contributed by atoms with E-state index in [1.165, 1.54) is 19.2 Å². The number of para-hydroxylation sites is 1. The Kier molecular flexibility index (Phi) is 6.64. The van der Waals surface area contributed by atoms with Crippen LogP contribution in [0, 0.1) is 25.5 Å². The number of aryl methyl sites for hydroxylation is 2. The third-order valence-corrected chi connectivity index (χ3v) is 4.75. The standard InChI is InChI=1S/C22H21F2N3O4/c1-12-16(13(2)31-27-12)11-30-19-7-5-4-6-15(19)21(28)26-20(22(29)25-3)14-8-9-17(23)18(24)10-14/h4-10,20H,11H2,1-3H3,(H,25,29)(H,26,28). The number of carbonyl (C=O) groups is 2. The summed E-state index contributed by atoms with van der Waals surface area (Å²) in [4.78, 5) is 25.3. The molecule has 9 heteroatoms. The number of carbonyl (C=O) groups excluding carboxylic acids is 2. The first kappa shape index (κ1) is 21.9. The molecule has 0 aliphatic rings. The van der Waals surface area contributed by atoms with Crippen molar-refractivity contribution in [2.24, 2.45) is 0 Å². The second-order valence-electron chi connectivity index (χ2n) is 6.78. The molecule has 3 aromatic rings. The van der Waals surface area contributed by atoms with E-state index in [0.717, 1.165) is 17.7 Å². The Bertz CT molecular complexity index is 1090. The van der Waals surface area contributed by atoms with Gasteiger partial charge in [0.1, 0.15) is 24.2 Å². The van der Waals surface area contributed by atoms with Gasteiger partial charge in [0.2, 0.25) is 5.91 Å². The summed E-state index contributed by atoms with van der Waals surface area (Å²) in [5, 5.41) is 8.82. The normalized spacial score (nSPS) is 11.6. The minimum Gasteiger partial charge on any atom is -0.488 e. The number of halogens is 2. The zero-order valence-electron chi connectivity index (χ0n) is 17.2. The number of ether oxygens (including phenoxy) is 1. The van der Waals surface area contributed by atoms with Crippen molar-refractivity contribution in [1.29, 1.82) is 0 Å². The van der Waals surface area contributed by atoms with Crippen molar-refractivity contribution in [1.82, 2.24) is 15.8 Å². The summed E-state index contributed by atoms with van der Waals surface area (Å²) in [6, 6.07) is 8.25. The quantitative estimate of drug-likeness (QED) is 0.601. The average molecular weight is 429 g/mol. The minimum atomic E-state index is -1.23. The number of aromatic nitrogens is 1. The lowest BCUT2D eigenvalue weighted by molar-refractivity contribution is -0.122. The molecule has 0 fully saturated rings. The third-order valence-electron chi connectivity index (χ3n) is 4.75. The van der Waals surface area contributed by atoms with Gasteiger partial charge in [0.15, 0.2) is 11.6 Å². The topological polar surface area (TPSA) is 93.5 Å². The van der Waals surface area contributed by atoms with Crippen LogP contribution in [0.4, 0.5) is 8.78 Å². The van der Waals surface area contributed by atoms with E-state index in [-0.39, 0.29) is 23.5 Å². The zero-order chi connectivity index (χ0) is 22.5. The first-order valence-electron chi connectivity index (χ1n) is 9.42. The molecule has 0 saturated carbocycles. The van der Waals surface area contributed by atoms with Crippen LogP contribution in [0.15, 0.2) is 47.0 Å². The number of hydrogen-bond donors (Lipinski definition) is 2. The number of amides is 2. The fraction of sp³-hybridized carbons (Fsp3) is 0.227. The van der Waals surface area contributed by atoms with Gasteiger partial charge < -0.3 is 19.9 Å². The van der Waals surface area contributed by atoms with E-state index in [2.05, 4.69) is 15.8 Å². The van der Waals surface area contributed by atoms with Gasteiger partial charge >= 0.3 is 0 Å². The van der Waals surface area contributed by atoms with Gasteiger partial charge in [-0.1, -0.05) is 23.4 Å². The van der Waals surface area contributed by atoms with Gasteiger partial charge in [0.25, 0.3) is 5.91 Å². The number of nitrogens with zero attached hydrogens (tertiary/aromatic N) is 1. The second kappa shape index (κ2) is 9.38. The fourth-order valence-electron chi connectivity index (χ4n) is 2.98. The second-order valence-corrected chi connectivity index (χ2v) is 6.78. The molecule has 2 amide bonds. The van der Waals surface area contributed by atoms with Gasteiger partial charge in [0.05, 0.1) is 16.8 Å². The molecule has 1 unspecified atom stereocenters. The van der Waals surface area contributed by atoms with Gasteiger partial charge in [-0.2, -0.15) is 0 Å². The molecular weight excluding hydrogens is 408 g/mol. The van der Waals surface area contributed by atoms with Crippen LogP contribution in [0.1, 0.15) is 39.0 Å². The minimum absolute atomic E-state index is 0.0979. The van der Waals surface area contributed by atoms with E-state index in [4.69, 9.17) is 9.26 Å². The highest BCUT2D eigenvalue weighted by atomic mass is 19.2. The summed E-state index contributed by atoms with van der Waals surface area (Å²) >= 11 is 0. The fourth-order valence-corrected chi connectivity index (χ4v) is 2.98. The summed E-state index contributed by atoms with van der Waals surface area (Å²) in [6.07, 6.45) is 0. The van der Waals surface area contributed by atoms with Crippen LogP contribution < -0.4 is 15.4 Å². The Hall–Kier alpha value is -3.75. The van der Waals surface area contributed by atoms with Crippen LogP contribution in [0.2, 0.25) is 0 Å². The van der Waals surface area contributed by atoms with E-state index >= 15 is 0 Å². The maximum atomic E-state index is 13.7. The van der Waals surface area contributed by atoms with Crippen LogP contribution in [0.3, 0.4) is 0 Å². The SMILES string of the molecule is CNC(=O)C(NC(=O)c1ccccc1OCc1c(C)noc1C)c1ccc(F)c(F)c1. The van der Waals surface area contributed by atoms with Crippen LogP contribution in [0.5, 0.6) is 5.75 Å². The van der Waals surface area contributed by atoms with Gasteiger partial charge in [-0.3, -0.25) is 9.59 Å². The van der Waals surface area contributed by atoms with Crippen molar-refractivity contribution in [2.45, 2.75) is 26.5 Å². The van der Waals surface area contributed by atoms with Crippen molar-refractivity contribution in [3.8, 4) is 5.75 Å². The van der Waals surface area contributed by atoms with Crippen molar-refractivity contribution >= 4 is 11.8 Å². The Morgan fingerprint density at radius 2 is 1.87 bits per heavy atom. The number of likely N-dealkylation sites (N-methyl/N-ethyl adjacent to an activating group) is 1. The van der Waals surface area contributed by atoms with Crippen LogP contribution in [0.25, 0.3) is 0 Å². The van der Waals surface area contributed by atoms with Crippen LogP contribution in [-0.2, 0) is 11.4 Å². The lowest BCUT2D eigenvalue weighted by Gasteiger charge is -2.19. The van der Waals surface area contributed by atoms with Crippen LogP contribution in [-0.4, -0.2) is 24.0 Å². The molecule has 1 heterocycles. The summed E-state index contributed by atoms with van der Waals surface area (Å²) in [5.41, 5.74) is 1.71. The number of hydrogen-bond acceptors (Lipinski definition) is 5. The average Bonchev–Trinajstić information content (AvgIpc) is 3.09. The Morgan fingerprint density at radius 1 is 1.13 bits per heavy atom. The van der Waals surface area contributed by atoms with E-state index < -0.39 is 29.5 Å². The summed E-state index contributed by atoms with van der Waals surface area (Å²) in [6.45, 7) is 3.67. The molecule has 7 nitrogen and oxygen atoms in total. The van der Waals surface area contributed by atoms with Crippen LogP contribution >= 0.6 is 0 Å². The monoisotopic (exact) mass is 429 g/mol. The molecule has 2 aromatic carbocycles. The molecule has 31 heavy (non-hydrogen) atoms. The van der Waals surface area contributed by atoms with Gasteiger partial charge in [-0.25, -0.2) is 8.78 Å². The molecule has 0 aliphatic heterocycles. The Morgan fingerprint density at radius 3 is 2.52 bits per heavy atom. The van der Waals surface area contributed by atoms with E-state index in [0.29, 0.717) is 11.5 Å². The molecule has 0 saturated heterocycles. The first-order chi connectivity index (χ1) is 14.8. The molecule has 1 aromatic heterocycles. The molecule has 0 radical (unpaired) electrons. The van der Waals surface area contributed by atoms with Crippen molar-refractivity contribution < 1.29 is 27.6 Å². The molecule has 0 aliphatic carbocycles. The van der Waals surface area contributed by atoms with Crippen molar-refractivity contribution in [3.63, 3.8) is 0 Å². The third kappa shape index (κ3) is 4.88. The van der Waals surface area contributed by atoms with Gasteiger partial charge in [0, 0.05) is 7.05 Å². The predicted octanol–water partition coefficient (Wildman–Crippen LogP) is 3.37. The van der Waals surface area contributed by atoms with Gasteiger partial charge in [-0.15, -0.1) is 0 Å². The van der Waals surface area contributed by atoms with Crippen molar-refractivity contribution in [3.05, 3.63) is 82.2 Å². The molecule has 1 atom stereocenters. The molecule has 2 N–H and O–H groups in total. The molecule has 3 rings (SSSR count). The zero-order valence-corrected chi connectivity index (χ0v) is 17.2. The van der Waals surface area contributed by atoms with Crippen molar-refractivity contribution in [2.75, 3.05) is 7.05 Å². The maximum Gasteiger partial charge on any atom is 0.255 e. The highest BCUT2D eigenvalue weighted by molar-refractivity contribution is 5.99. The number of rotatable bonds is 7. The molecule has 162 valence electrons. The smallest absolute Gasteiger partial charge is 0.255 e. The lowest BCUT2D eigenvalue weighted by atomic mass is 10.0. The Balaban J connectivity index is 1.84. The molecular formula is C22H21F2N3O4. The number of benzene rings is 2. The maximum absolute atomic E-state index is 13.7. The van der Waals surface area contributed by atoms with E-state index in [1.807, 2.05) is 0 Å². The Labute approximate surface area is 177 Å². The largest absolute Gasteiger partial charge is 0.488 e. The number of nitrogens with one attached hydrogen (secondary N) is 2. The highest BCUT2D eigenvalue weighted by Gasteiger charge is 2.25. The predicted molar refractivity (Wildman–Crippen MR) is 107 cm³/mol. The lowest BCUT2D eigenvalue weighted by Crippen LogP contribution is -2.39. The first-order valence-corrected chi connectivity index (χ1v) is 9.42. The summed E-state index contributed by atoms with van der Waals surface area (Å²) in [5.74, 6) is -2.49.